The zero-order chi connectivity index (χ0) is 15.6. The fourth-order valence-corrected chi connectivity index (χ4v) is 2.16. The summed E-state index contributed by atoms with van der Waals surface area (Å²) in [6.07, 6.45) is -2.57. The van der Waals surface area contributed by atoms with E-state index in [2.05, 4.69) is 5.10 Å². The maximum atomic E-state index is 12.6. The third-order valence-corrected chi connectivity index (χ3v) is 3.02. The molecule has 0 amide bonds. The largest absolute Gasteiger partial charge is 0.477 e. The van der Waals surface area contributed by atoms with E-state index in [1.807, 2.05) is 0 Å². The van der Waals surface area contributed by atoms with Crippen molar-refractivity contribution >= 4 is 11.8 Å². The molecule has 0 bridgehead atoms. The van der Waals surface area contributed by atoms with E-state index >= 15 is 0 Å². The molecule has 0 saturated carbocycles. The Morgan fingerprint density at radius 2 is 2.00 bits per heavy atom. The molecule has 5 nitrogen and oxygen atoms in total. The van der Waals surface area contributed by atoms with E-state index < -0.39 is 18.9 Å². The number of rotatable bonds is 5. The number of para-hydroxylation sites is 1. The van der Waals surface area contributed by atoms with Crippen molar-refractivity contribution in [1.29, 1.82) is 0 Å². The summed E-state index contributed by atoms with van der Waals surface area (Å²) < 4.78 is 26.6. The summed E-state index contributed by atoms with van der Waals surface area (Å²) in [5, 5.41) is 13.5. The molecule has 0 radical (unpaired) electrons. The van der Waals surface area contributed by atoms with Crippen molar-refractivity contribution in [2.24, 2.45) is 0 Å². The quantitative estimate of drug-likeness (QED) is 0.921. The number of aryl methyl sites for hydroxylation is 1. The van der Waals surface area contributed by atoms with Gasteiger partial charge in [-0.05, 0) is 19.1 Å². The minimum Gasteiger partial charge on any atom is -0.477 e. The third-order valence-electron chi connectivity index (χ3n) is 3.02. The molecule has 0 spiro atoms. The molecule has 1 aromatic carbocycles. The van der Waals surface area contributed by atoms with Crippen LogP contribution >= 0.6 is 0 Å². The summed E-state index contributed by atoms with van der Waals surface area (Å²) >= 11 is 0. The number of alkyl halides is 2. The number of carboxylic acid groups (broad SMARTS) is 1. The number of carboxylic acids is 1. The molecule has 0 unspecified atom stereocenters. The Morgan fingerprint density at radius 1 is 1.38 bits per heavy atom. The Bertz CT molecular complexity index is 641. The van der Waals surface area contributed by atoms with Gasteiger partial charge in [-0.15, -0.1) is 0 Å². The van der Waals surface area contributed by atoms with Crippen molar-refractivity contribution in [1.82, 2.24) is 9.78 Å². The van der Waals surface area contributed by atoms with Crippen molar-refractivity contribution in [2.75, 3.05) is 18.5 Å². The van der Waals surface area contributed by atoms with Crippen LogP contribution in [0.15, 0.2) is 30.3 Å². The zero-order valence-corrected chi connectivity index (χ0v) is 11.6. The summed E-state index contributed by atoms with van der Waals surface area (Å²) in [5.74, 6) is -1.04. The molecule has 0 aliphatic carbocycles. The second-order valence-corrected chi connectivity index (χ2v) is 4.61. The van der Waals surface area contributed by atoms with E-state index in [1.165, 1.54) is 16.6 Å². The van der Waals surface area contributed by atoms with Crippen LogP contribution in [-0.4, -0.2) is 40.9 Å². The molecule has 21 heavy (non-hydrogen) atoms. The van der Waals surface area contributed by atoms with Crippen molar-refractivity contribution < 1.29 is 18.7 Å². The SMILES string of the molecule is Cc1nn(-c2ccccc2)c(N(C)CC(F)F)c1C(=O)O. The molecule has 2 rings (SSSR count). The molecule has 1 aromatic heterocycles. The van der Waals surface area contributed by atoms with Gasteiger partial charge in [0.15, 0.2) is 0 Å². The number of hydrogen-bond acceptors (Lipinski definition) is 3. The molecule has 0 aliphatic heterocycles. The maximum Gasteiger partial charge on any atom is 0.341 e. The van der Waals surface area contributed by atoms with Gasteiger partial charge in [0.2, 0.25) is 0 Å². The Morgan fingerprint density at radius 3 is 2.52 bits per heavy atom. The third kappa shape index (κ3) is 3.01. The van der Waals surface area contributed by atoms with Gasteiger partial charge in [-0.1, -0.05) is 18.2 Å². The number of aromatic nitrogens is 2. The molecule has 0 fully saturated rings. The smallest absolute Gasteiger partial charge is 0.341 e. The van der Waals surface area contributed by atoms with Gasteiger partial charge in [0.1, 0.15) is 11.4 Å². The van der Waals surface area contributed by atoms with E-state index in [1.54, 1.807) is 37.3 Å². The van der Waals surface area contributed by atoms with Gasteiger partial charge in [-0.3, -0.25) is 0 Å². The maximum absolute atomic E-state index is 12.6. The summed E-state index contributed by atoms with van der Waals surface area (Å²) in [4.78, 5) is 12.6. The molecule has 0 atom stereocenters. The Kier molecular flexibility index (Phi) is 4.21. The van der Waals surface area contributed by atoms with Gasteiger partial charge >= 0.3 is 5.97 Å². The molecular formula is C14H15F2N3O2. The van der Waals surface area contributed by atoms with Gasteiger partial charge in [0.05, 0.1) is 17.9 Å². The van der Waals surface area contributed by atoms with Crippen LogP contribution in [0.4, 0.5) is 14.6 Å². The average Bonchev–Trinajstić information content (AvgIpc) is 2.76. The number of benzene rings is 1. The van der Waals surface area contributed by atoms with E-state index in [4.69, 9.17) is 0 Å². The predicted molar refractivity (Wildman–Crippen MR) is 74.5 cm³/mol. The van der Waals surface area contributed by atoms with E-state index in [0.717, 1.165) is 0 Å². The summed E-state index contributed by atoms with van der Waals surface area (Å²) in [6.45, 7) is 0.973. The number of carbonyl (C=O) groups is 1. The zero-order valence-electron chi connectivity index (χ0n) is 11.6. The van der Waals surface area contributed by atoms with Crippen molar-refractivity contribution in [3.05, 3.63) is 41.6 Å². The minimum atomic E-state index is -2.57. The van der Waals surface area contributed by atoms with Crippen LogP contribution in [0, 0.1) is 6.92 Å². The van der Waals surface area contributed by atoms with E-state index in [-0.39, 0.29) is 17.1 Å². The highest BCUT2D eigenvalue weighted by molar-refractivity contribution is 5.95. The lowest BCUT2D eigenvalue weighted by molar-refractivity contribution is 0.0696. The van der Waals surface area contributed by atoms with Crippen molar-refractivity contribution in [2.45, 2.75) is 13.3 Å². The lowest BCUT2D eigenvalue weighted by Gasteiger charge is -2.20. The normalized spacial score (nSPS) is 10.9. The summed E-state index contributed by atoms with van der Waals surface area (Å²) in [6, 6.07) is 8.81. The summed E-state index contributed by atoms with van der Waals surface area (Å²) in [7, 11) is 1.43. The number of halogens is 2. The molecule has 1 heterocycles. The Labute approximate surface area is 120 Å². The molecule has 0 saturated heterocycles. The second kappa shape index (κ2) is 5.90. The lowest BCUT2D eigenvalue weighted by Crippen LogP contribution is -2.27. The lowest BCUT2D eigenvalue weighted by atomic mass is 10.2. The number of anilines is 1. The highest BCUT2D eigenvalue weighted by atomic mass is 19.3. The second-order valence-electron chi connectivity index (χ2n) is 4.61. The van der Waals surface area contributed by atoms with Gasteiger partial charge in [-0.25, -0.2) is 18.3 Å². The van der Waals surface area contributed by atoms with Gasteiger partial charge in [0.25, 0.3) is 6.43 Å². The molecule has 112 valence electrons. The van der Waals surface area contributed by atoms with Crippen LogP contribution in [0.1, 0.15) is 16.1 Å². The first kappa shape index (κ1) is 15.0. The van der Waals surface area contributed by atoms with E-state index in [9.17, 15) is 18.7 Å². The first-order valence-electron chi connectivity index (χ1n) is 6.29. The molecule has 1 N–H and O–H groups in total. The van der Waals surface area contributed by atoms with E-state index in [0.29, 0.717) is 5.69 Å². The van der Waals surface area contributed by atoms with Crippen LogP contribution < -0.4 is 4.90 Å². The van der Waals surface area contributed by atoms with Gasteiger partial charge < -0.3 is 10.0 Å². The molecular weight excluding hydrogens is 280 g/mol. The van der Waals surface area contributed by atoms with Crippen LogP contribution in [0.2, 0.25) is 0 Å². The fraction of sp³-hybridized carbons (Fsp3) is 0.286. The van der Waals surface area contributed by atoms with Gasteiger partial charge in [0, 0.05) is 7.05 Å². The van der Waals surface area contributed by atoms with Crippen LogP contribution in [0.3, 0.4) is 0 Å². The Hall–Kier alpha value is -2.44. The number of aromatic carboxylic acids is 1. The minimum absolute atomic E-state index is 0.0676. The number of hydrogen-bond donors (Lipinski definition) is 1. The topological polar surface area (TPSA) is 58.4 Å². The molecule has 7 heteroatoms. The number of nitrogens with zero attached hydrogens (tertiary/aromatic N) is 3. The first-order chi connectivity index (χ1) is 9.91. The van der Waals surface area contributed by atoms with Crippen molar-refractivity contribution in [3.63, 3.8) is 0 Å². The van der Waals surface area contributed by atoms with Crippen LogP contribution in [0.25, 0.3) is 5.69 Å². The highest BCUT2D eigenvalue weighted by Crippen LogP contribution is 2.27. The first-order valence-corrected chi connectivity index (χ1v) is 6.29. The van der Waals surface area contributed by atoms with Crippen LogP contribution in [-0.2, 0) is 0 Å². The van der Waals surface area contributed by atoms with Gasteiger partial charge in [-0.2, -0.15) is 5.10 Å². The monoisotopic (exact) mass is 295 g/mol. The summed E-state index contributed by atoms with van der Waals surface area (Å²) in [5.41, 5.74) is 0.827. The fourth-order valence-electron chi connectivity index (χ4n) is 2.16. The van der Waals surface area contributed by atoms with Crippen LogP contribution in [0.5, 0.6) is 0 Å². The molecule has 0 aliphatic rings. The van der Waals surface area contributed by atoms with Crippen molar-refractivity contribution in [3.8, 4) is 5.69 Å². The highest BCUT2D eigenvalue weighted by Gasteiger charge is 2.25. The Balaban J connectivity index is 2.60. The average molecular weight is 295 g/mol. The standard InChI is InChI=1S/C14H15F2N3O2/c1-9-12(14(20)21)13(18(2)8-11(15)16)19(17-9)10-6-4-3-5-7-10/h3-7,11H,8H2,1-2H3,(H,20,21). The molecule has 2 aromatic rings. The predicted octanol–water partition coefficient (Wildman–Crippen LogP) is 2.58.